The molecule has 2 amide bonds. The van der Waals surface area contributed by atoms with Crippen molar-refractivity contribution in [3.63, 3.8) is 0 Å². The summed E-state index contributed by atoms with van der Waals surface area (Å²) in [5.41, 5.74) is 4.07. The number of hydrogen-bond donors (Lipinski definition) is 2. The van der Waals surface area contributed by atoms with Gasteiger partial charge in [-0.15, -0.1) is 0 Å². The van der Waals surface area contributed by atoms with Gasteiger partial charge in [-0.1, -0.05) is 48.5 Å². The molecule has 2 bridgehead atoms. The molecule has 34 heavy (non-hydrogen) atoms. The Balaban J connectivity index is 1.18. The molecule has 2 fully saturated rings. The fourth-order valence-corrected chi connectivity index (χ4v) is 6.29. The van der Waals surface area contributed by atoms with E-state index in [-0.39, 0.29) is 37.3 Å². The van der Waals surface area contributed by atoms with E-state index in [1.165, 1.54) is 11.1 Å². The van der Waals surface area contributed by atoms with Crippen molar-refractivity contribution in [1.29, 1.82) is 0 Å². The molecule has 2 N–H and O–H groups in total. The second-order valence-corrected chi connectivity index (χ2v) is 9.86. The molecule has 2 aliphatic heterocycles. The molecule has 0 saturated carbocycles. The van der Waals surface area contributed by atoms with E-state index < -0.39 is 23.6 Å². The average Bonchev–Trinajstić information content (AvgIpc) is 3.44. The van der Waals surface area contributed by atoms with E-state index in [0.29, 0.717) is 0 Å². The Bertz CT molecular complexity index is 1080. The zero-order chi connectivity index (χ0) is 23.9. The van der Waals surface area contributed by atoms with Crippen LogP contribution >= 0.6 is 0 Å². The van der Waals surface area contributed by atoms with Crippen molar-refractivity contribution >= 4 is 18.0 Å². The van der Waals surface area contributed by atoms with Gasteiger partial charge in [-0.3, -0.25) is 9.59 Å². The van der Waals surface area contributed by atoms with Crippen LogP contribution in [0.2, 0.25) is 0 Å². The number of nitrogens with zero attached hydrogens (tertiary/aromatic N) is 1. The first-order valence-corrected chi connectivity index (χ1v) is 12.0. The van der Waals surface area contributed by atoms with Crippen LogP contribution in [-0.4, -0.2) is 52.2 Å². The molecule has 1 atom stereocenters. The van der Waals surface area contributed by atoms with Crippen molar-refractivity contribution < 1.29 is 24.2 Å². The third-order valence-electron chi connectivity index (χ3n) is 7.70. The minimum absolute atomic E-state index is 0.0105. The second-order valence-electron chi connectivity index (χ2n) is 9.86. The molecule has 2 aromatic carbocycles. The molecule has 7 nitrogen and oxygen atoms in total. The summed E-state index contributed by atoms with van der Waals surface area (Å²) in [5.74, 6) is -0.982. The quantitative estimate of drug-likeness (QED) is 0.640. The van der Waals surface area contributed by atoms with Crippen LogP contribution in [0.5, 0.6) is 0 Å². The van der Waals surface area contributed by atoms with Gasteiger partial charge in [-0.25, -0.2) is 4.79 Å². The van der Waals surface area contributed by atoms with Crippen LogP contribution in [0, 0.1) is 0 Å². The van der Waals surface area contributed by atoms with E-state index in [0.717, 1.165) is 36.8 Å². The molecule has 3 aliphatic rings. The molecule has 0 unspecified atom stereocenters. The van der Waals surface area contributed by atoms with Gasteiger partial charge < -0.3 is 20.1 Å². The highest BCUT2D eigenvalue weighted by atomic mass is 16.5. The van der Waals surface area contributed by atoms with Crippen molar-refractivity contribution in [2.75, 3.05) is 6.61 Å². The molecule has 7 heteroatoms. The molecule has 0 spiro atoms. The molecular formula is C27H30N2O5. The van der Waals surface area contributed by atoms with Crippen molar-refractivity contribution in [2.45, 2.75) is 69.0 Å². The highest BCUT2D eigenvalue weighted by Gasteiger charge is 2.54. The Kier molecular flexibility index (Phi) is 5.80. The van der Waals surface area contributed by atoms with E-state index in [1.54, 1.807) is 11.8 Å². The highest BCUT2D eigenvalue weighted by molar-refractivity contribution is 5.81. The summed E-state index contributed by atoms with van der Waals surface area (Å²) in [6.45, 7) is 2.00. The summed E-state index contributed by atoms with van der Waals surface area (Å²) in [6, 6.07) is 16.0. The van der Waals surface area contributed by atoms with Crippen molar-refractivity contribution in [2.24, 2.45) is 0 Å². The number of carboxylic acids is 1. The third kappa shape index (κ3) is 3.93. The predicted octanol–water partition coefficient (Wildman–Crippen LogP) is 4.30. The SMILES string of the molecule is C[C@@H](CC(=O)N1C2CCC1(CC(=O)O)CC2)NC(=O)OCC1c2ccccc2-c2ccccc21. The number of ether oxygens (including phenoxy) is 1. The third-order valence-corrected chi connectivity index (χ3v) is 7.70. The summed E-state index contributed by atoms with van der Waals surface area (Å²) in [7, 11) is 0. The zero-order valence-electron chi connectivity index (χ0n) is 19.3. The standard InChI is InChI=1S/C27H30N2O5/c1-17(14-24(30)29-18-10-12-27(29,13-11-18)15-25(31)32)28-26(33)34-16-23-21-8-4-2-6-19(21)20-7-3-5-9-22(20)23/h2-9,17-18,23H,10-16H2,1H3,(H,28,33)(H,31,32)/t17-,18?,27?/m0/s1. The van der Waals surface area contributed by atoms with Crippen LogP contribution in [0.1, 0.15) is 62.5 Å². The van der Waals surface area contributed by atoms with Gasteiger partial charge in [0.15, 0.2) is 0 Å². The Morgan fingerprint density at radius 3 is 2.24 bits per heavy atom. The summed E-state index contributed by atoms with van der Waals surface area (Å²) in [5, 5.41) is 12.1. The van der Waals surface area contributed by atoms with Gasteiger partial charge in [0.2, 0.25) is 5.91 Å². The van der Waals surface area contributed by atoms with E-state index in [9.17, 15) is 19.5 Å². The maximum atomic E-state index is 13.1. The maximum Gasteiger partial charge on any atom is 0.407 e. The highest BCUT2D eigenvalue weighted by Crippen LogP contribution is 2.49. The number of hydrogen-bond acceptors (Lipinski definition) is 4. The van der Waals surface area contributed by atoms with Crippen LogP contribution in [0.3, 0.4) is 0 Å². The molecule has 1 aliphatic carbocycles. The number of fused-ring (bicyclic) bond motifs is 5. The first kappa shape index (κ1) is 22.4. The number of carbonyl (C=O) groups excluding carboxylic acids is 2. The minimum Gasteiger partial charge on any atom is -0.481 e. The zero-order valence-corrected chi connectivity index (χ0v) is 19.3. The number of rotatable bonds is 7. The lowest BCUT2D eigenvalue weighted by Gasteiger charge is -2.34. The Labute approximate surface area is 199 Å². The normalized spacial score (nSPS) is 23.3. The molecule has 0 aromatic heterocycles. The molecular weight excluding hydrogens is 432 g/mol. The number of carboxylic acid groups (broad SMARTS) is 1. The van der Waals surface area contributed by atoms with E-state index in [1.807, 2.05) is 24.3 Å². The van der Waals surface area contributed by atoms with Gasteiger partial charge in [0.05, 0.1) is 12.0 Å². The van der Waals surface area contributed by atoms with Crippen molar-refractivity contribution in [3.8, 4) is 11.1 Å². The first-order valence-electron chi connectivity index (χ1n) is 12.0. The molecule has 2 aromatic rings. The number of aliphatic carboxylic acids is 1. The summed E-state index contributed by atoms with van der Waals surface area (Å²) < 4.78 is 5.59. The smallest absolute Gasteiger partial charge is 0.407 e. The van der Waals surface area contributed by atoms with Gasteiger partial charge in [-0.05, 0) is 54.9 Å². The maximum absolute atomic E-state index is 13.1. The summed E-state index contributed by atoms with van der Waals surface area (Å²) in [4.78, 5) is 38.8. The Morgan fingerprint density at radius 1 is 1.06 bits per heavy atom. The summed E-state index contributed by atoms with van der Waals surface area (Å²) in [6.07, 6.45) is 2.76. The number of alkyl carbamates (subject to hydrolysis) is 1. The Hall–Kier alpha value is -3.35. The van der Waals surface area contributed by atoms with E-state index >= 15 is 0 Å². The lowest BCUT2D eigenvalue weighted by Crippen LogP contribution is -2.48. The van der Waals surface area contributed by atoms with Gasteiger partial charge in [0.1, 0.15) is 6.61 Å². The van der Waals surface area contributed by atoms with Gasteiger partial charge >= 0.3 is 12.1 Å². The fraction of sp³-hybridized carbons (Fsp3) is 0.444. The van der Waals surface area contributed by atoms with Crippen LogP contribution < -0.4 is 5.32 Å². The molecule has 2 heterocycles. The van der Waals surface area contributed by atoms with Crippen LogP contribution in [0.15, 0.2) is 48.5 Å². The van der Waals surface area contributed by atoms with Gasteiger partial charge in [0, 0.05) is 24.4 Å². The van der Waals surface area contributed by atoms with Crippen LogP contribution in [0.25, 0.3) is 11.1 Å². The number of carbonyl (C=O) groups is 3. The monoisotopic (exact) mass is 462 g/mol. The van der Waals surface area contributed by atoms with Crippen molar-refractivity contribution in [1.82, 2.24) is 10.2 Å². The molecule has 5 rings (SSSR count). The molecule has 0 radical (unpaired) electrons. The second kappa shape index (κ2) is 8.78. The fourth-order valence-electron chi connectivity index (χ4n) is 6.29. The first-order chi connectivity index (χ1) is 16.4. The van der Waals surface area contributed by atoms with Crippen molar-refractivity contribution in [3.05, 3.63) is 59.7 Å². The van der Waals surface area contributed by atoms with Crippen LogP contribution in [-0.2, 0) is 14.3 Å². The minimum atomic E-state index is -0.870. The lowest BCUT2D eigenvalue weighted by molar-refractivity contribution is -0.143. The number of benzene rings is 2. The molecule has 178 valence electrons. The van der Waals surface area contributed by atoms with Crippen LogP contribution in [0.4, 0.5) is 4.79 Å². The summed E-state index contributed by atoms with van der Waals surface area (Å²) >= 11 is 0. The van der Waals surface area contributed by atoms with Gasteiger partial charge in [0.25, 0.3) is 0 Å². The topological polar surface area (TPSA) is 95.9 Å². The number of amides is 2. The molecule has 2 saturated heterocycles. The van der Waals surface area contributed by atoms with E-state index in [2.05, 4.69) is 29.6 Å². The average molecular weight is 463 g/mol. The predicted molar refractivity (Wildman–Crippen MR) is 126 cm³/mol. The number of nitrogens with one attached hydrogen (secondary N) is 1. The largest absolute Gasteiger partial charge is 0.481 e. The van der Waals surface area contributed by atoms with E-state index in [4.69, 9.17) is 4.74 Å². The Morgan fingerprint density at radius 2 is 1.65 bits per heavy atom. The van der Waals surface area contributed by atoms with Gasteiger partial charge in [-0.2, -0.15) is 0 Å². The lowest BCUT2D eigenvalue weighted by atomic mass is 9.85.